The van der Waals surface area contributed by atoms with Crippen LogP contribution in [0.3, 0.4) is 0 Å². The molecule has 0 bridgehead atoms. The fourth-order valence-corrected chi connectivity index (χ4v) is 1.73. The van der Waals surface area contributed by atoms with Gasteiger partial charge in [0.2, 0.25) is 0 Å². The van der Waals surface area contributed by atoms with E-state index in [9.17, 15) is 22.7 Å². The minimum atomic E-state index is -4.31. The van der Waals surface area contributed by atoms with E-state index in [4.69, 9.17) is 24.4 Å². The first-order valence-corrected chi connectivity index (χ1v) is 9.04. The van der Waals surface area contributed by atoms with Gasteiger partial charge < -0.3 is 39.0 Å². The number of rotatable bonds is 21. The van der Waals surface area contributed by atoms with Gasteiger partial charge in [-0.15, -0.1) is 6.58 Å². The Morgan fingerprint density at radius 1 is 0.800 bits per heavy atom. The Kier molecular flexibility index (Phi) is 16.2. The molecule has 180 valence electrons. The van der Waals surface area contributed by atoms with Crippen molar-refractivity contribution in [3.8, 4) is 0 Å². The first-order valence-electron chi connectivity index (χ1n) is 9.04. The van der Waals surface area contributed by atoms with Crippen LogP contribution in [0, 0.1) is 0 Å². The number of aliphatic hydroxyl groups is 3. The molecule has 2 unspecified atom stereocenters. The van der Waals surface area contributed by atoms with Crippen LogP contribution in [0.15, 0.2) is 12.7 Å². The normalized spacial score (nSPS) is 14.6. The van der Waals surface area contributed by atoms with Crippen LogP contribution in [0.1, 0.15) is 6.42 Å². The molecule has 0 fully saturated rings. The molecule has 0 aliphatic rings. The van der Waals surface area contributed by atoms with Crippen molar-refractivity contribution >= 4 is 0 Å². The van der Waals surface area contributed by atoms with E-state index in [0.29, 0.717) is 0 Å². The summed E-state index contributed by atoms with van der Waals surface area (Å²) in [7, 11) is 0. The summed E-state index contributed by atoms with van der Waals surface area (Å²) in [6.07, 6.45) is -9.16. The van der Waals surface area contributed by atoms with E-state index in [1.165, 1.54) is 6.08 Å². The number of ether oxygens (including phenoxy) is 6. The van der Waals surface area contributed by atoms with Crippen LogP contribution in [-0.4, -0.2) is 106 Å². The molecule has 0 amide bonds. The molecule has 13 heteroatoms. The lowest BCUT2D eigenvalue weighted by Crippen LogP contribution is -2.40. The zero-order valence-corrected chi connectivity index (χ0v) is 16.5. The molecule has 0 saturated carbocycles. The monoisotopic (exact) mass is 454 g/mol. The number of aliphatic hydroxyl groups excluding tert-OH is 3. The van der Waals surface area contributed by atoms with E-state index >= 15 is 0 Å². The van der Waals surface area contributed by atoms with Gasteiger partial charge in [0, 0.05) is 6.61 Å². The summed E-state index contributed by atoms with van der Waals surface area (Å²) < 4.78 is 80.8. The Labute approximate surface area is 172 Å². The van der Waals surface area contributed by atoms with E-state index in [1.54, 1.807) is 0 Å². The van der Waals surface area contributed by atoms with Gasteiger partial charge in [0.1, 0.15) is 26.1 Å². The maximum Gasteiger partial charge on any atom is 0.383 e. The van der Waals surface area contributed by atoms with Crippen molar-refractivity contribution in [2.24, 2.45) is 0 Å². The first kappa shape index (κ1) is 29.1. The third kappa shape index (κ3) is 17.9. The van der Waals surface area contributed by atoms with Gasteiger partial charge in [0.25, 0.3) is 0 Å². The van der Waals surface area contributed by atoms with E-state index in [1.807, 2.05) is 0 Å². The van der Waals surface area contributed by atoms with E-state index in [0.717, 1.165) is 0 Å². The van der Waals surface area contributed by atoms with Gasteiger partial charge >= 0.3 is 12.2 Å². The Morgan fingerprint density at radius 2 is 1.40 bits per heavy atom. The highest BCUT2D eigenvalue weighted by atomic mass is 19.3. The molecular formula is C17H30F4O9. The second-order valence-corrected chi connectivity index (χ2v) is 5.98. The van der Waals surface area contributed by atoms with Gasteiger partial charge in [-0.05, 0) is 6.42 Å². The Morgan fingerprint density at radius 3 is 2.03 bits per heavy atom. The van der Waals surface area contributed by atoms with Gasteiger partial charge in [-0.25, -0.2) is 0 Å². The number of alkyl halides is 4. The average Bonchev–Trinajstić information content (AvgIpc) is 2.66. The molecule has 0 aromatic rings. The van der Waals surface area contributed by atoms with Gasteiger partial charge in [-0.2, -0.15) is 17.6 Å². The molecule has 0 radical (unpaired) electrons. The lowest BCUT2D eigenvalue weighted by Gasteiger charge is -2.24. The lowest BCUT2D eigenvalue weighted by atomic mass is 10.3. The van der Waals surface area contributed by atoms with Gasteiger partial charge in [-0.3, -0.25) is 4.74 Å². The van der Waals surface area contributed by atoms with Crippen molar-refractivity contribution in [1.29, 1.82) is 0 Å². The number of halogens is 4. The third-order valence-electron chi connectivity index (χ3n) is 3.04. The van der Waals surface area contributed by atoms with Crippen LogP contribution in [0.25, 0.3) is 0 Å². The topological polar surface area (TPSA) is 116 Å². The van der Waals surface area contributed by atoms with Gasteiger partial charge in [0.05, 0.1) is 45.7 Å². The Hall–Kier alpha value is -0.900. The van der Waals surface area contributed by atoms with Gasteiger partial charge in [-0.1, -0.05) is 6.08 Å². The average molecular weight is 454 g/mol. The van der Waals surface area contributed by atoms with Crippen molar-refractivity contribution in [2.45, 2.75) is 30.8 Å². The van der Waals surface area contributed by atoms with E-state index in [2.05, 4.69) is 20.8 Å². The number of hydrogen-bond acceptors (Lipinski definition) is 9. The molecule has 0 heterocycles. The van der Waals surface area contributed by atoms with Crippen LogP contribution in [0.4, 0.5) is 17.6 Å². The summed E-state index contributed by atoms with van der Waals surface area (Å²) in [5, 5.41) is 27.0. The van der Waals surface area contributed by atoms with Crippen LogP contribution < -0.4 is 0 Å². The van der Waals surface area contributed by atoms with Gasteiger partial charge in [0.15, 0.2) is 0 Å². The maximum atomic E-state index is 13.4. The summed E-state index contributed by atoms with van der Waals surface area (Å²) in [5.41, 5.74) is 0. The molecule has 0 saturated heterocycles. The molecule has 0 aliphatic carbocycles. The molecule has 0 aromatic carbocycles. The molecule has 0 aromatic heterocycles. The van der Waals surface area contributed by atoms with E-state index < -0.39 is 57.6 Å². The quantitative estimate of drug-likeness (QED) is 0.0988. The molecule has 9 nitrogen and oxygen atoms in total. The van der Waals surface area contributed by atoms with Crippen molar-refractivity contribution in [3.05, 3.63) is 12.7 Å². The summed E-state index contributed by atoms with van der Waals surface area (Å²) in [5.74, 6) is 0. The Bertz CT molecular complexity index is 430. The third-order valence-corrected chi connectivity index (χ3v) is 3.04. The van der Waals surface area contributed by atoms with Crippen LogP contribution in [0.5, 0.6) is 0 Å². The number of hydrogen-bond donors (Lipinski definition) is 3. The fourth-order valence-electron chi connectivity index (χ4n) is 1.73. The smallest absolute Gasteiger partial charge is 0.383 e. The molecule has 0 spiro atoms. The SMILES string of the molecule is C=CCOCCC(O)COCC(F)(F)OC(F)(F)COCOCCOCC(O)CO. The molecule has 0 rings (SSSR count). The summed E-state index contributed by atoms with van der Waals surface area (Å²) in [6, 6.07) is 0. The summed E-state index contributed by atoms with van der Waals surface area (Å²) >= 11 is 0. The largest absolute Gasteiger partial charge is 0.394 e. The summed E-state index contributed by atoms with van der Waals surface area (Å²) in [6.45, 7) is -0.962. The summed E-state index contributed by atoms with van der Waals surface area (Å²) in [4.78, 5) is 0. The minimum Gasteiger partial charge on any atom is -0.394 e. The molecule has 2 atom stereocenters. The second-order valence-electron chi connectivity index (χ2n) is 5.98. The van der Waals surface area contributed by atoms with Crippen LogP contribution >= 0.6 is 0 Å². The predicted molar refractivity (Wildman–Crippen MR) is 94.1 cm³/mol. The van der Waals surface area contributed by atoms with Crippen molar-refractivity contribution < 1.29 is 61.3 Å². The van der Waals surface area contributed by atoms with Crippen molar-refractivity contribution in [1.82, 2.24) is 0 Å². The highest BCUT2D eigenvalue weighted by Crippen LogP contribution is 2.27. The molecular weight excluding hydrogens is 424 g/mol. The molecule has 30 heavy (non-hydrogen) atoms. The zero-order valence-electron chi connectivity index (χ0n) is 16.5. The van der Waals surface area contributed by atoms with Crippen molar-refractivity contribution in [3.63, 3.8) is 0 Å². The minimum absolute atomic E-state index is 0.00500. The second kappa shape index (κ2) is 16.8. The van der Waals surface area contributed by atoms with Crippen molar-refractivity contribution in [2.75, 3.05) is 66.3 Å². The van der Waals surface area contributed by atoms with Crippen LogP contribution in [-0.2, 0) is 28.4 Å². The highest BCUT2D eigenvalue weighted by Gasteiger charge is 2.44. The standard InChI is InChI=1S/C17H30F4O9/c1-2-4-25-5-3-14(23)9-28-11-16(18,19)30-17(20,21)12-29-13-27-7-6-26-10-15(24)8-22/h2,14-15,22-24H,1,3-13H2. The molecule has 3 N–H and O–H groups in total. The first-order chi connectivity index (χ1) is 14.1. The Balaban J connectivity index is 3.86. The molecule has 0 aliphatic heterocycles. The fraction of sp³-hybridized carbons (Fsp3) is 0.882. The predicted octanol–water partition coefficient (Wildman–Crippen LogP) is 0.519. The highest BCUT2D eigenvalue weighted by molar-refractivity contribution is 4.64. The maximum absolute atomic E-state index is 13.4. The van der Waals surface area contributed by atoms with E-state index in [-0.39, 0.29) is 39.5 Å². The lowest BCUT2D eigenvalue weighted by molar-refractivity contribution is -0.396. The zero-order chi connectivity index (χ0) is 22.9. The van der Waals surface area contributed by atoms with Crippen LogP contribution in [0.2, 0.25) is 0 Å².